The maximum Gasteiger partial charge on any atom is 0.229 e. The van der Waals surface area contributed by atoms with Crippen molar-refractivity contribution in [2.24, 2.45) is 0 Å². The van der Waals surface area contributed by atoms with Gasteiger partial charge in [0.25, 0.3) is 0 Å². The Morgan fingerprint density at radius 1 is 0.875 bits per heavy atom. The van der Waals surface area contributed by atoms with Gasteiger partial charge in [-0.05, 0) is 12.1 Å². The molecule has 1 aliphatic rings. The Morgan fingerprint density at radius 3 is 2.16 bits per heavy atom. The summed E-state index contributed by atoms with van der Waals surface area (Å²) in [5, 5.41) is 3.38. The molecule has 0 unspecified atom stereocenters. The molecule has 0 aliphatic carbocycles. The predicted octanol–water partition coefficient (Wildman–Crippen LogP) is 3.03. The molecular formula is C23H29N7O2. The van der Waals surface area contributed by atoms with Crippen molar-refractivity contribution in [3.05, 3.63) is 48.7 Å². The predicted molar refractivity (Wildman–Crippen MR) is 128 cm³/mol. The van der Waals surface area contributed by atoms with Crippen molar-refractivity contribution in [3.63, 3.8) is 0 Å². The molecule has 32 heavy (non-hydrogen) atoms. The highest BCUT2D eigenvalue weighted by Crippen LogP contribution is 2.29. The van der Waals surface area contributed by atoms with E-state index in [1.54, 1.807) is 14.2 Å². The Bertz CT molecular complexity index is 1020. The van der Waals surface area contributed by atoms with E-state index in [9.17, 15) is 0 Å². The lowest BCUT2D eigenvalue weighted by Gasteiger charge is -2.35. The molecule has 1 fully saturated rings. The first-order valence-electron chi connectivity index (χ1n) is 10.5. The lowest BCUT2D eigenvalue weighted by Crippen LogP contribution is -2.47. The van der Waals surface area contributed by atoms with Crippen LogP contribution in [0, 0.1) is 0 Å². The minimum absolute atomic E-state index is 0.703. The summed E-state index contributed by atoms with van der Waals surface area (Å²) in [4.78, 5) is 20.5. The van der Waals surface area contributed by atoms with Crippen LogP contribution in [0.5, 0.6) is 11.5 Å². The molecule has 0 bridgehead atoms. The molecule has 9 heteroatoms. The van der Waals surface area contributed by atoms with Crippen molar-refractivity contribution < 1.29 is 9.47 Å². The van der Waals surface area contributed by atoms with Gasteiger partial charge >= 0.3 is 0 Å². The molecule has 168 valence electrons. The number of nitrogens with one attached hydrogen (secondary N) is 1. The maximum atomic E-state index is 5.38. The Hall–Kier alpha value is -3.75. The third kappa shape index (κ3) is 4.93. The van der Waals surface area contributed by atoms with Crippen molar-refractivity contribution in [2.75, 3.05) is 74.5 Å². The van der Waals surface area contributed by atoms with E-state index in [1.165, 1.54) is 0 Å². The number of ether oxygens (including phenoxy) is 2. The van der Waals surface area contributed by atoms with Gasteiger partial charge in [-0.3, -0.25) is 0 Å². The van der Waals surface area contributed by atoms with Gasteiger partial charge in [-0.25, -0.2) is 4.98 Å². The summed E-state index contributed by atoms with van der Waals surface area (Å²) < 4.78 is 10.8. The number of rotatable bonds is 7. The van der Waals surface area contributed by atoms with Gasteiger partial charge in [-0.2, -0.15) is 9.97 Å². The summed E-state index contributed by atoms with van der Waals surface area (Å²) in [5.74, 6) is 4.67. The first kappa shape index (κ1) is 21.5. The van der Waals surface area contributed by atoms with Crippen LogP contribution in [-0.4, -0.2) is 69.4 Å². The lowest BCUT2D eigenvalue weighted by molar-refractivity contribution is 0.395. The number of hydrogen-bond acceptors (Lipinski definition) is 9. The Morgan fingerprint density at radius 2 is 1.56 bits per heavy atom. The van der Waals surface area contributed by atoms with Crippen LogP contribution in [0.25, 0.3) is 0 Å². The summed E-state index contributed by atoms with van der Waals surface area (Å²) in [7, 11) is 7.22. The van der Waals surface area contributed by atoms with Crippen molar-refractivity contribution >= 4 is 29.1 Å². The molecule has 0 atom stereocenters. The highest BCUT2D eigenvalue weighted by atomic mass is 16.5. The van der Waals surface area contributed by atoms with Crippen LogP contribution in [0.2, 0.25) is 0 Å². The average molecular weight is 436 g/mol. The zero-order chi connectivity index (χ0) is 22.5. The van der Waals surface area contributed by atoms with E-state index in [2.05, 4.69) is 20.1 Å². The highest BCUT2D eigenvalue weighted by molar-refractivity contribution is 5.65. The van der Waals surface area contributed by atoms with E-state index in [1.807, 2.05) is 67.7 Å². The van der Waals surface area contributed by atoms with Gasteiger partial charge in [0.1, 0.15) is 29.0 Å². The van der Waals surface area contributed by atoms with Crippen molar-refractivity contribution in [3.8, 4) is 11.5 Å². The molecule has 1 aromatic carbocycles. The molecular weight excluding hydrogens is 406 g/mol. The summed E-state index contributed by atoms with van der Waals surface area (Å²) in [6, 6.07) is 13.6. The molecule has 0 saturated carbocycles. The van der Waals surface area contributed by atoms with E-state index < -0.39 is 0 Å². The molecule has 2 aromatic heterocycles. The van der Waals surface area contributed by atoms with Crippen LogP contribution >= 0.6 is 0 Å². The molecule has 0 amide bonds. The van der Waals surface area contributed by atoms with Gasteiger partial charge < -0.3 is 29.5 Å². The van der Waals surface area contributed by atoms with E-state index in [0.29, 0.717) is 23.3 Å². The van der Waals surface area contributed by atoms with Gasteiger partial charge in [0.2, 0.25) is 5.95 Å². The second kappa shape index (κ2) is 9.59. The summed E-state index contributed by atoms with van der Waals surface area (Å²) >= 11 is 0. The minimum atomic E-state index is 0.703. The van der Waals surface area contributed by atoms with Gasteiger partial charge in [0.15, 0.2) is 0 Å². The SMILES string of the molecule is COc1cc(Nc2cc(N(C)C)nc(N3CCN(c4ccccn4)CC3)n2)cc(OC)c1. The van der Waals surface area contributed by atoms with Crippen LogP contribution in [0.1, 0.15) is 0 Å². The Labute approximate surface area is 188 Å². The van der Waals surface area contributed by atoms with Gasteiger partial charge in [0.05, 0.1) is 14.2 Å². The molecule has 3 aromatic rings. The molecule has 0 spiro atoms. The Balaban J connectivity index is 1.55. The molecule has 0 radical (unpaired) electrons. The van der Waals surface area contributed by atoms with Crippen molar-refractivity contribution in [1.29, 1.82) is 0 Å². The molecule has 1 aliphatic heterocycles. The minimum Gasteiger partial charge on any atom is -0.497 e. The van der Waals surface area contributed by atoms with Crippen molar-refractivity contribution in [2.45, 2.75) is 0 Å². The first-order chi connectivity index (χ1) is 15.6. The van der Waals surface area contributed by atoms with E-state index in [-0.39, 0.29) is 0 Å². The lowest BCUT2D eigenvalue weighted by atomic mass is 10.2. The fraction of sp³-hybridized carbons (Fsp3) is 0.348. The monoisotopic (exact) mass is 435 g/mol. The number of nitrogens with zero attached hydrogens (tertiary/aromatic N) is 6. The third-order valence-electron chi connectivity index (χ3n) is 5.32. The number of pyridine rings is 1. The largest absolute Gasteiger partial charge is 0.497 e. The van der Waals surface area contributed by atoms with E-state index in [4.69, 9.17) is 19.4 Å². The molecule has 4 rings (SSSR count). The molecule has 3 heterocycles. The zero-order valence-corrected chi connectivity index (χ0v) is 18.9. The van der Waals surface area contributed by atoms with E-state index >= 15 is 0 Å². The number of piperazine rings is 1. The number of hydrogen-bond donors (Lipinski definition) is 1. The summed E-state index contributed by atoms with van der Waals surface area (Å²) in [6.45, 7) is 3.37. The fourth-order valence-corrected chi connectivity index (χ4v) is 3.56. The van der Waals surface area contributed by atoms with E-state index in [0.717, 1.165) is 43.5 Å². The molecule has 9 nitrogen and oxygen atoms in total. The molecule has 1 N–H and O–H groups in total. The van der Waals surface area contributed by atoms with Crippen LogP contribution in [-0.2, 0) is 0 Å². The third-order valence-corrected chi connectivity index (χ3v) is 5.32. The second-order valence-electron chi connectivity index (χ2n) is 7.69. The van der Waals surface area contributed by atoms with Gasteiger partial charge in [-0.15, -0.1) is 0 Å². The number of anilines is 5. The molecule has 1 saturated heterocycles. The first-order valence-corrected chi connectivity index (χ1v) is 10.5. The van der Waals surface area contributed by atoms with Crippen molar-refractivity contribution in [1.82, 2.24) is 15.0 Å². The maximum absolute atomic E-state index is 5.38. The van der Waals surface area contributed by atoms with Crippen LogP contribution in [0.3, 0.4) is 0 Å². The normalized spacial score (nSPS) is 13.6. The number of methoxy groups -OCH3 is 2. The van der Waals surface area contributed by atoms with Crippen LogP contribution in [0.4, 0.5) is 29.1 Å². The van der Waals surface area contributed by atoms with Crippen LogP contribution < -0.4 is 29.5 Å². The number of benzene rings is 1. The highest BCUT2D eigenvalue weighted by Gasteiger charge is 2.21. The number of aromatic nitrogens is 3. The topological polar surface area (TPSA) is 78.9 Å². The fourth-order valence-electron chi connectivity index (χ4n) is 3.56. The van der Waals surface area contributed by atoms with Gasteiger partial charge in [0, 0.05) is 76.4 Å². The smallest absolute Gasteiger partial charge is 0.229 e. The second-order valence-corrected chi connectivity index (χ2v) is 7.69. The average Bonchev–Trinajstić information content (AvgIpc) is 2.84. The summed E-state index contributed by atoms with van der Waals surface area (Å²) in [6.07, 6.45) is 1.83. The van der Waals surface area contributed by atoms with Gasteiger partial charge in [-0.1, -0.05) is 6.07 Å². The zero-order valence-electron chi connectivity index (χ0n) is 18.9. The standard InChI is InChI=1S/C23H29N7O2/c1-28(2)22-16-20(25-17-13-18(31-3)15-19(14-17)32-4)26-23(27-22)30-11-9-29(10-12-30)21-7-5-6-8-24-21/h5-8,13-16H,9-12H2,1-4H3,(H,25,26,27). The quantitative estimate of drug-likeness (QED) is 0.602. The van der Waals surface area contributed by atoms with Crippen LogP contribution in [0.15, 0.2) is 48.7 Å². The summed E-state index contributed by atoms with van der Waals surface area (Å²) in [5.41, 5.74) is 0.829. The Kier molecular flexibility index (Phi) is 6.44.